The average Bonchev–Trinajstić information content (AvgIpc) is 3.10. The lowest BCUT2D eigenvalue weighted by atomic mass is 10.1. The minimum Gasteiger partial charge on any atom is -0.481 e. The van der Waals surface area contributed by atoms with Crippen molar-refractivity contribution in [3.05, 3.63) is 42.5 Å². The van der Waals surface area contributed by atoms with Gasteiger partial charge in [-0.25, -0.2) is 15.0 Å². The number of aromatic nitrogens is 4. The molecule has 0 spiro atoms. The first-order valence-electron chi connectivity index (χ1n) is 8.35. The minimum absolute atomic E-state index is 0.233. The standard InChI is InChI=1S/C18H21N5O2/c1-3-4-5-14(25-13-8-6-12(2)7-9-13)18(24)23-17-15-16(20-10-19-15)21-11-22-17/h6-11,14H,3-5H2,1-2H3,(H2,19,20,21,22,23,24). The van der Waals surface area contributed by atoms with Crippen molar-refractivity contribution in [2.45, 2.75) is 39.2 Å². The molecular weight excluding hydrogens is 318 g/mol. The zero-order chi connectivity index (χ0) is 17.6. The molecule has 7 heteroatoms. The van der Waals surface area contributed by atoms with E-state index in [0.717, 1.165) is 18.4 Å². The van der Waals surface area contributed by atoms with Crippen molar-refractivity contribution in [3.63, 3.8) is 0 Å². The molecule has 0 aliphatic carbocycles. The number of hydrogen-bond acceptors (Lipinski definition) is 5. The number of nitrogens with zero attached hydrogens (tertiary/aromatic N) is 3. The Bertz CT molecular complexity index is 844. The number of aryl methyl sites for hydroxylation is 1. The molecule has 1 unspecified atom stereocenters. The Morgan fingerprint density at radius 2 is 2.04 bits per heavy atom. The van der Waals surface area contributed by atoms with Crippen LogP contribution in [-0.4, -0.2) is 31.9 Å². The van der Waals surface area contributed by atoms with Gasteiger partial charge in [-0.05, 0) is 31.9 Å². The summed E-state index contributed by atoms with van der Waals surface area (Å²) in [5.41, 5.74) is 2.25. The molecule has 0 bridgehead atoms. The van der Waals surface area contributed by atoms with Crippen molar-refractivity contribution in [1.82, 2.24) is 19.9 Å². The Hall–Kier alpha value is -2.96. The fourth-order valence-corrected chi connectivity index (χ4v) is 2.47. The number of H-pyrrole nitrogens is 1. The first-order chi connectivity index (χ1) is 12.2. The molecule has 0 fully saturated rings. The first-order valence-corrected chi connectivity index (χ1v) is 8.35. The van der Waals surface area contributed by atoms with Crippen LogP contribution in [0.25, 0.3) is 11.2 Å². The average molecular weight is 339 g/mol. The number of amides is 1. The first kappa shape index (κ1) is 16.9. The van der Waals surface area contributed by atoms with Crippen LogP contribution >= 0.6 is 0 Å². The van der Waals surface area contributed by atoms with Gasteiger partial charge < -0.3 is 15.0 Å². The van der Waals surface area contributed by atoms with Gasteiger partial charge in [0.25, 0.3) is 5.91 Å². The smallest absolute Gasteiger partial charge is 0.266 e. The van der Waals surface area contributed by atoms with Gasteiger partial charge in [-0.15, -0.1) is 0 Å². The largest absolute Gasteiger partial charge is 0.481 e. The summed E-state index contributed by atoms with van der Waals surface area (Å²) >= 11 is 0. The number of carbonyl (C=O) groups is 1. The van der Waals surface area contributed by atoms with Gasteiger partial charge in [0.1, 0.15) is 17.6 Å². The highest BCUT2D eigenvalue weighted by Gasteiger charge is 2.21. The molecule has 0 aliphatic rings. The second-order valence-corrected chi connectivity index (χ2v) is 5.87. The van der Waals surface area contributed by atoms with Gasteiger partial charge in [0.15, 0.2) is 17.6 Å². The molecule has 3 aromatic rings. The molecule has 130 valence electrons. The van der Waals surface area contributed by atoms with Gasteiger partial charge >= 0.3 is 0 Å². The summed E-state index contributed by atoms with van der Waals surface area (Å²) in [6, 6.07) is 7.67. The van der Waals surface area contributed by atoms with Crippen LogP contribution in [0.4, 0.5) is 5.82 Å². The summed E-state index contributed by atoms with van der Waals surface area (Å²) in [6.07, 6.45) is 4.82. The summed E-state index contributed by atoms with van der Waals surface area (Å²) in [4.78, 5) is 27.9. The summed E-state index contributed by atoms with van der Waals surface area (Å²) < 4.78 is 5.92. The van der Waals surface area contributed by atoms with Crippen LogP contribution in [0.3, 0.4) is 0 Å². The van der Waals surface area contributed by atoms with Gasteiger partial charge in [-0.3, -0.25) is 4.79 Å². The monoisotopic (exact) mass is 339 g/mol. The summed E-state index contributed by atoms with van der Waals surface area (Å²) in [7, 11) is 0. The molecular formula is C18H21N5O2. The number of nitrogens with one attached hydrogen (secondary N) is 2. The van der Waals surface area contributed by atoms with Crippen molar-refractivity contribution >= 4 is 22.9 Å². The maximum Gasteiger partial charge on any atom is 0.266 e. The maximum absolute atomic E-state index is 12.7. The second kappa shape index (κ2) is 7.74. The SMILES string of the molecule is CCCCC(Oc1ccc(C)cc1)C(=O)Nc1ncnc2nc[nH]c12. The summed E-state index contributed by atoms with van der Waals surface area (Å²) in [6.45, 7) is 4.09. The number of unbranched alkanes of at least 4 members (excludes halogenated alkanes) is 1. The van der Waals surface area contributed by atoms with Gasteiger partial charge in [0.05, 0.1) is 6.33 Å². The number of aromatic amines is 1. The second-order valence-electron chi connectivity index (χ2n) is 5.87. The number of benzene rings is 1. The van der Waals surface area contributed by atoms with E-state index in [1.165, 1.54) is 12.7 Å². The van der Waals surface area contributed by atoms with Crippen LogP contribution in [0.5, 0.6) is 5.75 Å². The third kappa shape index (κ3) is 4.12. The minimum atomic E-state index is -0.587. The van der Waals surface area contributed by atoms with Crippen molar-refractivity contribution in [2.24, 2.45) is 0 Å². The van der Waals surface area contributed by atoms with E-state index >= 15 is 0 Å². The normalized spacial score (nSPS) is 12.1. The van der Waals surface area contributed by atoms with Gasteiger partial charge in [-0.1, -0.05) is 31.0 Å². The molecule has 1 amide bonds. The lowest BCUT2D eigenvalue weighted by Crippen LogP contribution is -2.33. The van der Waals surface area contributed by atoms with Crippen LogP contribution in [0.1, 0.15) is 31.7 Å². The van der Waals surface area contributed by atoms with E-state index in [2.05, 4.69) is 32.2 Å². The van der Waals surface area contributed by atoms with Crippen LogP contribution in [-0.2, 0) is 4.79 Å². The van der Waals surface area contributed by atoms with E-state index in [4.69, 9.17) is 4.74 Å². The van der Waals surface area contributed by atoms with E-state index in [0.29, 0.717) is 29.2 Å². The van der Waals surface area contributed by atoms with Gasteiger partial charge in [-0.2, -0.15) is 0 Å². The van der Waals surface area contributed by atoms with Gasteiger partial charge in [0, 0.05) is 0 Å². The van der Waals surface area contributed by atoms with Crippen LogP contribution in [0.2, 0.25) is 0 Å². The highest BCUT2D eigenvalue weighted by Crippen LogP contribution is 2.19. The van der Waals surface area contributed by atoms with Crippen LogP contribution < -0.4 is 10.1 Å². The van der Waals surface area contributed by atoms with Crippen molar-refractivity contribution < 1.29 is 9.53 Å². The van der Waals surface area contributed by atoms with Crippen molar-refractivity contribution in [2.75, 3.05) is 5.32 Å². The number of fused-ring (bicyclic) bond motifs is 1. The van der Waals surface area contributed by atoms with E-state index in [1.54, 1.807) is 0 Å². The van der Waals surface area contributed by atoms with Crippen LogP contribution in [0, 0.1) is 6.92 Å². The third-order valence-electron chi connectivity index (χ3n) is 3.88. The number of anilines is 1. The molecule has 2 aromatic heterocycles. The fraction of sp³-hybridized carbons (Fsp3) is 0.333. The molecule has 0 aliphatic heterocycles. The molecule has 25 heavy (non-hydrogen) atoms. The number of carbonyl (C=O) groups excluding carboxylic acids is 1. The Morgan fingerprint density at radius 3 is 2.80 bits per heavy atom. The fourth-order valence-electron chi connectivity index (χ4n) is 2.47. The number of ether oxygens (including phenoxy) is 1. The molecule has 0 radical (unpaired) electrons. The Labute approximate surface area is 145 Å². The molecule has 3 rings (SSSR count). The summed E-state index contributed by atoms with van der Waals surface area (Å²) in [5.74, 6) is 0.848. The van der Waals surface area contributed by atoms with Gasteiger partial charge in [0.2, 0.25) is 0 Å². The zero-order valence-corrected chi connectivity index (χ0v) is 14.3. The molecule has 2 N–H and O–H groups in total. The zero-order valence-electron chi connectivity index (χ0n) is 14.3. The number of hydrogen-bond donors (Lipinski definition) is 2. The van der Waals surface area contributed by atoms with Crippen molar-refractivity contribution in [1.29, 1.82) is 0 Å². The molecule has 2 heterocycles. The molecule has 0 saturated heterocycles. The topological polar surface area (TPSA) is 92.8 Å². The number of rotatable bonds is 7. The maximum atomic E-state index is 12.7. The molecule has 0 saturated carbocycles. The molecule has 1 aromatic carbocycles. The van der Waals surface area contributed by atoms with Crippen LogP contribution in [0.15, 0.2) is 36.9 Å². The van der Waals surface area contributed by atoms with E-state index in [1.807, 2.05) is 31.2 Å². The number of imidazole rings is 1. The quantitative estimate of drug-likeness (QED) is 0.689. The van der Waals surface area contributed by atoms with E-state index < -0.39 is 6.10 Å². The Kier molecular flexibility index (Phi) is 5.23. The lowest BCUT2D eigenvalue weighted by molar-refractivity contribution is -0.123. The summed E-state index contributed by atoms with van der Waals surface area (Å²) in [5, 5.41) is 2.83. The van der Waals surface area contributed by atoms with Crippen molar-refractivity contribution in [3.8, 4) is 5.75 Å². The Balaban J connectivity index is 1.76. The predicted molar refractivity (Wildman–Crippen MR) is 95.4 cm³/mol. The molecule has 7 nitrogen and oxygen atoms in total. The van der Waals surface area contributed by atoms with E-state index in [-0.39, 0.29) is 5.91 Å². The highest BCUT2D eigenvalue weighted by molar-refractivity contribution is 5.98. The van der Waals surface area contributed by atoms with E-state index in [9.17, 15) is 4.79 Å². The predicted octanol–water partition coefficient (Wildman–Crippen LogP) is 3.24. The highest BCUT2D eigenvalue weighted by atomic mass is 16.5. The Morgan fingerprint density at radius 1 is 1.24 bits per heavy atom. The third-order valence-corrected chi connectivity index (χ3v) is 3.88. The lowest BCUT2D eigenvalue weighted by Gasteiger charge is -2.18. The molecule has 1 atom stereocenters.